The van der Waals surface area contributed by atoms with Gasteiger partial charge in [0.15, 0.2) is 17.7 Å². The van der Waals surface area contributed by atoms with Crippen LogP contribution in [0.3, 0.4) is 0 Å². The van der Waals surface area contributed by atoms with Crippen LogP contribution in [-0.2, 0) is 9.53 Å². The molecule has 3 rings (SSSR count). The number of cyclic esters (lactones) is 1. The van der Waals surface area contributed by atoms with E-state index in [4.69, 9.17) is 19.3 Å². The van der Waals surface area contributed by atoms with Crippen LogP contribution >= 0.6 is 0 Å². The highest BCUT2D eigenvalue weighted by Gasteiger charge is 2.39. The highest BCUT2D eigenvalue weighted by atomic mass is 16.6. The van der Waals surface area contributed by atoms with Crippen molar-refractivity contribution in [3.63, 3.8) is 0 Å². The number of nitrogens with zero attached hydrogens (tertiary/aromatic N) is 2. The van der Waals surface area contributed by atoms with Gasteiger partial charge in [0.25, 0.3) is 0 Å². The number of methoxy groups -OCH3 is 2. The Morgan fingerprint density at radius 1 is 1.25 bits per heavy atom. The van der Waals surface area contributed by atoms with Gasteiger partial charge in [-0.2, -0.15) is 0 Å². The monoisotopic (exact) mass is 336 g/mol. The summed E-state index contributed by atoms with van der Waals surface area (Å²) in [6.07, 6.45) is -0.473. The average Bonchev–Trinajstić information content (AvgIpc) is 2.91. The summed E-state index contributed by atoms with van der Waals surface area (Å²) in [5.74, 6) is -0.399. The van der Waals surface area contributed by atoms with Crippen molar-refractivity contribution < 1.29 is 28.9 Å². The highest BCUT2D eigenvalue weighted by molar-refractivity contribution is 5.98. The van der Waals surface area contributed by atoms with Gasteiger partial charge in [-0.1, -0.05) is 0 Å². The number of carbonyl (C=O) groups is 2. The molecule has 0 aromatic heterocycles. The second kappa shape index (κ2) is 6.66. The molecule has 2 aliphatic heterocycles. The second-order valence-electron chi connectivity index (χ2n) is 5.73. The Bertz CT molecular complexity index is 654. The van der Waals surface area contributed by atoms with Gasteiger partial charge in [0.05, 0.1) is 20.8 Å². The Morgan fingerprint density at radius 2 is 1.96 bits per heavy atom. The summed E-state index contributed by atoms with van der Waals surface area (Å²) in [5, 5.41) is 8.86. The van der Waals surface area contributed by atoms with Crippen molar-refractivity contribution in [2.45, 2.75) is 6.23 Å². The van der Waals surface area contributed by atoms with Gasteiger partial charge in [0.1, 0.15) is 5.56 Å². The number of ether oxygens (including phenoxy) is 3. The molecule has 8 heteroatoms. The molecule has 130 valence electrons. The first kappa shape index (κ1) is 16.5. The van der Waals surface area contributed by atoms with E-state index in [1.54, 1.807) is 6.07 Å². The molecule has 0 saturated carbocycles. The molecule has 0 spiro atoms. The van der Waals surface area contributed by atoms with Crippen LogP contribution in [0.1, 0.15) is 22.1 Å². The Hall–Kier alpha value is -2.32. The molecule has 0 radical (unpaired) electrons. The van der Waals surface area contributed by atoms with E-state index >= 15 is 0 Å². The first-order chi connectivity index (χ1) is 11.5. The minimum Gasteiger partial charge on any atom is -0.493 e. The molecule has 2 aliphatic rings. The number of carboxylic acid groups (broad SMARTS) is 1. The lowest BCUT2D eigenvalue weighted by atomic mass is 10.1. The molecule has 1 aromatic carbocycles. The van der Waals surface area contributed by atoms with Crippen molar-refractivity contribution in [2.24, 2.45) is 0 Å². The summed E-state index contributed by atoms with van der Waals surface area (Å²) >= 11 is 0. The number of fused-ring (bicyclic) bond motifs is 1. The number of esters is 1. The summed E-state index contributed by atoms with van der Waals surface area (Å²) in [6, 6.07) is 3.57. The predicted molar refractivity (Wildman–Crippen MR) is 83.4 cm³/mol. The minimum absolute atomic E-state index is 0.0277. The van der Waals surface area contributed by atoms with Gasteiger partial charge < -0.3 is 19.3 Å². The van der Waals surface area contributed by atoms with E-state index in [0.29, 0.717) is 43.2 Å². The number of carboxylic acids is 1. The molecule has 1 atom stereocenters. The molecule has 0 aliphatic carbocycles. The molecule has 8 nitrogen and oxygen atoms in total. The normalized spacial score (nSPS) is 21.2. The van der Waals surface area contributed by atoms with E-state index in [0.717, 1.165) is 5.56 Å². The third kappa shape index (κ3) is 2.90. The van der Waals surface area contributed by atoms with Crippen molar-refractivity contribution in [2.75, 3.05) is 46.9 Å². The fourth-order valence-electron chi connectivity index (χ4n) is 3.20. The third-order valence-corrected chi connectivity index (χ3v) is 4.36. The summed E-state index contributed by atoms with van der Waals surface area (Å²) in [5.41, 5.74) is 1.15. The van der Waals surface area contributed by atoms with Gasteiger partial charge in [-0.25, -0.2) is 4.79 Å². The van der Waals surface area contributed by atoms with E-state index in [9.17, 15) is 9.59 Å². The lowest BCUT2D eigenvalue weighted by Gasteiger charge is -2.36. The zero-order valence-electron chi connectivity index (χ0n) is 13.7. The van der Waals surface area contributed by atoms with Crippen molar-refractivity contribution in [1.29, 1.82) is 0 Å². The second-order valence-corrected chi connectivity index (χ2v) is 5.73. The van der Waals surface area contributed by atoms with Crippen molar-refractivity contribution in [3.8, 4) is 11.5 Å². The van der Waals surface area contributed by atoms with Crippen LogP contribution in [0.15, 0.2) is 12.1 Å². The maximum atomic E-state index is 12.3. The molecule has 24 heavy (non-hydrogen) atoms. The van der Waals surface area contributed by atoms with Crippen LogP contribution in [0, 0.1) is 0 Å². The van der Waals surface area contributed by atoms with E-state index < -0.39 is 18.2 Å². The van der Waals surface area contributed by atoms with Crippen LogP contribution in [0.5, 0.6) is 11.5 Å². The molecule has 0 bridgehead atoms. The molecule has 1 aromatic rings. The van der Waals surface area contributed by atoms with Gasteiger partial charge in [-0.3, -0.25) is 14.6 Å². The smallest absolute Gasteiger partial charge is 0.344 e. The lowest BCUT2D eigenvalue weighted by Crippen LogP contribution is -2.49. The van der Waals surface area contributed by atoms with Crippen LogP contribution in [-0.4, -0.2) is 73.8 Å². The number of hydrogen-bond acceptors (Lipinski definition) is 7. The maximum absolute atomic E-state index is 12.3. The van der Waals surface area contributed by atoms with Gasteiger partial charge in [-0.05, 0) is 12.1 Å². The van der Waals surface area contributed by atoms with E-state index in [2.05, 4.69) is 0 Å². The largest absolute Gasteiger partial charge is 0.493 e. The molecule has 2 heterocycles. The standard InChI is InChI=1S/C16H20N2O6/c1-22-11-4-3-10-13(14(11)23-2)16(21)24-15(10)18-7-5-17(6-8-18)9-12(19)20/h3-4,15H,5-9H2,1-2H3,(H,19,20)/t15-/m1/s1. The fourth-order valence-corrected chi connectivity index (χ4v) is 3.20. The van der Waals surface area contributed by atoms with E-state index in [1.165, 1.54) is 14.2 Å². The van der Waals surface area contributed by atoms with Gasteiger partial charge in [0.2, 0.25) is 0 Å². The van der Waals surface area contributed by atoms with Crippen LogP contribution in [0.25, 0.3) is 0 Å². The van der Waals surface area contributed by atoms with E-state index in [-0.39, 0.29) is 6.54 Å². The number of rotatable bonds is 5. The van der Waals surface area contributed by atoms with Gasteiger partial charge in [-0.15, -0.1) is 0 Å². The number of piperazine rings is 1. The SMILES string of the molecule is COc1ccc2c(c1OC)C(=O)O[C@H]2N1CCN(CC(=O)O)CC1. The highest BCUT2D eigenvalue weighted by Crippen LogP contribution is 2.43. The number of carbonyl (C=O) groups excluding carboxylic acids is 1. The average molecular weight is 336 g/mol. The molecule has 1 saturated heterocycles. The molecular weight excluding hydrogens is 316 g/mol. The Kier molecular flexibility index (Phi) is 4.59. The maximum Gasteiger partial charge on any atom is 0.344 e. The molecule has 0 amide bonds. The first-order valence-corrected chi connectivity index (χ1v) is 7.69. The lowest BCUT2D eigenvalue weighted by molar-refractivity contribution is -0.139. The van der Waals surface area contributed by atoms with Crippen molar-refractivity contribution in [3.05, 3.63) is 23.3 Å². The zero-order valence-corrected chi connectivity index (χ0v) is 13.7. The summed E-state index contributed by atoms with van der Waals surface area (Å²) in [4.78, 5) is 27.0. The van der Waals surface area contributed by atoms with Crippen LogP contribution in [0.2, 0.25) is 0 Å². The summed E-state index contributed by atoms with van der Waals surface area (Å²) in [7, 11) is 3.01. The predicted octanol–water partition coefficient (Wildman–Crippen LogP) is 0.575. The summed E-state index contributed by atoms with van der Waals surface area (Å²) in [6.45, 7) is 2.50. The Morgan fingerprint density at radius 3 is 2.54 bits per heavy atom. The topological polar surface area (TPSA) is 88.5 Å². The Balaban J connectivity index is 1.80. The van der Waals surface area contributed by atoms with Gasteiger partial charge >= 0.3 is 11.9 Å². The number of aliphatic carboxylic acids is 1. The first-order valence-electron chi connectivity index (χ1n) is 7.69. The van der Waals surface area contributed by atoms with Crippen molar-refractivity contribution >= 4 is 11.9 Å². The molecule has 1 fully saturated rings. The van der Waals surface area contributed by atoms with E-state index in [1.807, 2.05) is 15.9 Å². The quantitative estimate of drug-likeness (QED) is 0.781. The molecular formula is C16H20N2O6. The number of hydrogen-bond donors (Lipinski definition) is 1. The van der Waals surface area contributed by atoms with Crippen LogP contribution in [0.4, 0.5) is 0 Å². The Labute approximate surface area is 139 Å². The third-order valence-electron chi connectivity index (χ3n) is 4.36. The minimum atomic E-state index is -0.835. The zero-order chi connectivity index (χ0) is 17.3. The van der Waals surface area contributed by atoms with Crippen LogP contribution < -0.4 is 9.47 Å². The number of benzene rings is 1. The fraction of sp³-hybridized carbons (Fsp3) is 0.500. The van der Waals surface area contributed by atoms with Gasteiger partial charge in [0, 0.05) is 31.7 Å². The molecule has 1 N–H and O–H groups in total. The summed E-state index contributed by atoms with van der Waals surface area (Å²) < 4.78 is 16.1. The molecule has 0 unspecified atom stereocenters. The van der Waals surface area contributed by atoms with Crippen molar-refractivity contribution in [1.82, 2.24) is 9.80 Å².